The van der Waals surface area contributed by atoms with Gasteiger partial charge in [0, 0.05) is 10.9 Å². The number of pyridine rings is 1. The number of nitrogens with two attached hydrogens (primary N) is 1. The lowest BCUT2D eigenvalue weighted by molar-refractivity contribution is 0.460. The third-order valence-electron chi connectivity index (χ3n) is 3.31. The predicted molar refractivity (Wildman–Crippen MR) is 82.1 cm³/mol. The Labute approximate surface area is 118 Å². The zero-order valence-electron chi connectivity index (χ0n) is 11.6. The van der Waals surface area contributed by atoms with Gasteiger partial charge in [0.1, 0.15) is 0 Å². The number of rotatable bonds is 2. The minimum Gasteiger partial charge on any atom is -0.436 e. The molecule has 3 rings (SSSR count). The molecular formula is C17H16N2O. The summed E-state index contributed by atoms with van der Waals surface area (Å²) in [4.78, 5) is 4.57. The standard InChI is InChI=1S/C17H16N2O/c1-11-6-5-8-14(18)16(11)20-17-12(2)10-13-7-3-4-9-15(13)19-17/h3-10H,18H2,1-2H3. The van der Waals surface area contributed by atoms with E-state index in [9.17, 15) is 0 Å². The maximum atomic E-state index is 5.98. The van der Waals surface area contributed by atoms with Gasteiger partial charge in [-0.1, -0.05) is 30.3 Å². The number of aryl methyl sites for hydroxylation is 2. The first kappa shape index (κ1) is 12.5. The molecule has 0 saturated carbocycles. The van der Waals surface area contributed by atoms with Crippen LogP contribution in [0.5, 0.6) is 11.6 Å². The van der Waals surface area contributed by atoms with Gasteiger partial charge in [-0.05, 0) is 37.6 Å². The summed E-state index contributed by atoms with van der Waals surface area (Å²) in [5.74, 6) is 1.28. The molecule has 1 aromatic heterocycles. The van der Waals surface area contributed by atoms with E-state index < -0.39 is 0 Å². The molecule has 0 aliphatic heterocycles. The Balaban J connectivity index is 2.09. The monoisotopic (exact) mass is 264 g/mol. The van der Waals surface area contributed by atoms with Gasteiger partial charge in [-0.3, -0.25) is 0 Å². The van der Waals surface area contributed by atoms with Crippen molar-refractivity contribution in [3.8, 4) is 11.6 Å². The maximum Gasteiger partial charge on any atom is 0.222 e. The molecule has 0 aliphatic carbocycles. The van der Waals surface area contributed by atoms with Crippen molar-refractivity contribution in [2.75, 3.05) is 5.73 Å². The number of para-hydroxylation sites is 2. The van der Waals surface area contributed by atoms with Crippen LogP contribution in [0.4, 0.5) is 5.69 Å². The first-order valence-electron chi connectivity index (χ1n) is 6.54. The number of benzene rings is 2. The van der Waals surface area contributed by atoms with E-state index in [0.717, 1.165) is 22.0 Å². The highest BCUT2D eigenvalue weighted by Crippen LogP contribution is 2.32. The quantitative estimate of drug-likeness (QED) is 0.705. The molecule has 0 radical (unpaired) electrons. The Bertz CT molecular complexity index is 761. The second kappa shape index (κ2) is 4.85. The number of aromatic nitrogens is 1. The van der Waals surface area contributed by atoms with Crippen LogP contribution in [0.1, 0.15) is 11.1 Å². The normalized spacial score (nSPS) is 10.7. The number of hydrogen-bond acceptors (Lipinski definition) is 3. The number of nitrogens with zero attached hydrogens (tertiary/aromatic N) is 1. The van der Waals surface area contributed by atoms with Gasteiger partial charge < -0.3 is 10.5 Å². The third kappa shape index (κ3) is 2.18. The molecule has 0 aliphatic rings. The van der Waals surface area contributed by atoms with Crippen molar-refractivity contribution in [2.24, 2.45) is 0 Å². The zero-order valence-corrected chi connectivity index (χ0v) is 11.6. The van der Waals surface area contributed by atoms with Crippen LogP contribution in [0.3, 0.4) is 0 Å². The minimum absolute atomic E-state index is 0.602. The fraction of sp³-hybridized carbons (Fsp3) is 0.118. The topological polar surface area (TPSA) is 48.1 Å². The van der Waals surface area contributed by atoms with E-state index in [0.29, 0.717) is 17.3 Å². The molecule has 20 heavy (non-hydrogen) atoms. The number of fused-ring (bicyclic) bond motifs is 1. The van der Waals surface area contributed by atoms with Crippen LogP contribution in [0.2, 0.25) is 0 Å². The van der Waals surface area contributed by atoms with Crippen molar-refractivity contribution < 1.29 is 4.74 Å². The summed E-state index contributed by atoms with van der Waals surface area (Å²) in [5, 5.41) is 1.11. The Morgan fingerprint density at radius 1 is 0.950 bits per heavy atom. The lowest BCUT2D eigenvalue weighted by Crippen LogP contribution is -1.97. The van der Waals surface area contributed by atoms with Gasteiger partial charge in [-0.25, -0.2) is 4.98 Å². The van der Waals surface area contributed by atoms with E-state index in [2.05, 4.69) is 11.1 Å². The molecule has 3 nitrogen and oxygen atoms in total. The van der Waals surface area contributed by atoms with Gasteiger partial charge >= 0.3 is 0 Å². The fourth-order valence-corrected chi connectivity index (χ4v) is 2.22. The Morgan fingerprint density at radius 2 is 1.75 bits per heavy atom. The number of hydrogen-bond donors (Lipinski definition) is 1. The first-order chi connectivity index (χ1) is 9.65. The predicted octanol–water partition coefficient (Wildman–Crippen LogP) is 4.23. The van der Waals surface area contributed by atoms with Crippen LogP contribution >= 0.6 is 0 Å². The molecule has 0 bridgehead atoms. The maximum absolute atomic E-state index is 5.98. The van der Waals surface area contributed by atoms with Crippen LogP contribution < -0.4 is 10.5 Å². The van der Waals surface area contributed by atoms with Crippen LogP contribution in [-0.4, -0.2) is 4.98 Å². The molecule has 2 aromatic carbocycles. The van der Waals surface area contributed by atoms with E-state index in [-0.39, 0.29) is 0 Å². The van der Waals surface area contributed by atoms with Gasteiger partial charge in [-0.2, -0.15) is 0 Å². The summed E-state index contributed by atoms with van der Waals surface area (Å²) in [6.07, 6.45) is 0. The van der Waals surface area contributed by atoms with Gasteiger partial charge in [0.25, 0.3) is 0 Å². The molecule has 0 saturated heterocycles. The average molecular weight is 264 g/mol. The second-order valence-corrected chi connectivity index (χ2v) is 4.90. The van der Waals surface area contributed by atoms with Crippen LogP contribution in [0.15, 0.2) is 48.5 Å². The fourth-order valence-electron chi connectivity index (χ4n) is 2.22. The van der Waals surface area contributed by atoms with Crippen molar-refractivity contribution in [3.63, 3.8) is 0 Å². The van der Waals surface area contributed by atoms with E-state index in [1.807, 2.05) is 56.3 Å². The van der Waals surface area contributed by atoms with Crippen LogP contribution in [0.25, 0.3) is 10.9 Å². The van der Waals surface area contributed by atoms with Crippen LogP contribution in [-0.2, 0) is 0 Å². The lowest BCUT2D eigenvalue weighted by atomic mass is 10.1. The first-order valence-corrected chi connectivity index (χ1v) is 6.54. The molecule has 3 aromatic rings. The van der Waals surface area contributed by atoms with Crippen molar-refractivity contribution in [3.05, 3.63) is 59.7 Å². The van der Waals surface area contributed by atoms with Gasteiger partial charge in [0.05, 0.1) is 11.2 Å². The smallest absolute Gasteiger partial charge is 0.222 e. The van der Waals surface area contributed by atoms with Gasteiger partial charge in [-0.15, -0.1) is 0 Å². The van der Waals surface area contributed by atoms with Crippen LogP contribution in [0, 0.1) is 13.8 Å². The third-order valence-corrected chi connectivity index (χ3v) is 3.31. The Morgan fingerprint density at radius 3 is 2.55 bits per heavy atom. The SMILES string of the molecule is Cc1cc2ccccc2nc1Oc1c(C)cccc1N. The highest BCUT2D eigenvalue weighted by Gasteiger charge is 2.10. The number of anilines is 1. The summed E-state index contributed by atoms with van der Waals surface area (Å²) in [6.45, 7) is 3.96. The van der Waals surface area contributed by atoms with Crippen molar-refractivity contribution in [2.45, 2.75) is 13.8 Å². The van der Waals surface area contributed by atoms with Gasteiger partial charge in [0.15, 0.2) is 5.75 Å². The van der Waals surface area contributed by atoms with Gasteiger partial charge in [0.2, 0.25) is 5.88 Å². The summed E-state index contributed by atoms with van der Waals surface area (Å²) in [5.41, 5.74) is 9.51. The Hall–Kier alpha value is -2.55. The van der Waals surface area contributed by atoms with E-state index in [1.165, 1.54) is 0 Å². The van der Waals surface area contributed by atoms with E-state index in [1.54, 1.807) is 0 Å². The minimum atomic E-state index is 0.602. The molecule has 0 fully saturated rings. The molecule has 0 spiro atoms. The van der Waals surface area contributed by atoms with E-state index >= 15 is 0 Å². The molecule has 1 heterocycles. The molecular weight excluding hydrogens is 248 g/mol. The summed E-state index contributed by atoms with van der Waals surface area (Å²) in [7, 11) is 0. The largest absolute Gasteiger partial charge is 0.436 e. The molecule has 2 N–H and O–H groups in total. The molecule has 0 amide bonds. The Kier molecular flexibility index (Phi) is 3.03. The van der Waals surface area contributed by atoms with E-state index in [4.69, 9.17) is 10.5 Å². The van der Waals surface area contributed by atoms with Crippen molar-refractivity contribution in [1.29, 1.82) is 0 Å². The number of nitrogen functional groups attached to an aromatic ring is 1. The molecule has 100 valence electrons. The summed E-state index contributed by atoms with van der Waals surface area (Å²) >= 11 is 0. The summed E-state index contributed by atoms with van der Waals surface area (Å²) in [6, 6.07) is 15.8. The van der Waals surface area contributed by atoms with Crippen molar-refractivity contribution >= 4 is 16.6 Å². The highest BCUT2D eigenvalue weighted by atomic mass is 16.5. The summed E-state index contributed by atoms with van der Waals surface area (Å²) < 4.78 is 5.94. The second-order valence-electron chi connectivity index (χ2n) is 4.90. The zero-order chi connectivity index (χ0) is 14.1. The highest BCUT2D eigenvalue weighted by molar-refractivity contribution is 5.80. The number of ether oxygens (including phenoxy) is 1. The molecule has 3 heteroatoms. The molecule has 0 unspecified atom stereocenters. The average Bonchev–Trinajstić information content (AvgIpc) is 2.43. The lowest BCUT2D eigenvalue weighted by Gasteiger charge is -2.13. The molecule has 0 atom stereocenters. The van der Waals surface area contributed by atoms with Crippen molar-refractivity contribution in [1.82, 2.24) is 4.98 Å².